The fourth-order valence-corrected chi connectivity index (χ4v) is 3.00. The average molecular weight is 285 g/mol. The van der Waals surface area contributed by atoms with Crippen molar-refractivity contribution < 1.29 is 0 Å². The predicted octanol–water partition coefficient (Wildman–Crippen LogP) is 3.11. The van der Waals surface area contributed by atoms with Gasteiger partial charge in [-0.3, -0.25) is 0 Å². The number of rotatable bonds is 2. The second-order valence-electron chi connectivity index (χ2n) is 6.25. The van der Waals surface area contributed by atoms with E-state index in [0.29, 0.717) is 10.4 Å². The van der Waals surface area contributed by atoms with Gasteiger partial charge in [-0.1, -0.05) is 44.3 Å². The van der Waals surface area contributed by atoms with Crippen LogP contribution in [0.3, 0.4) is 0 Å². The number of thiocarbonyl (C=S) groups is 1. The van der Waals surface area contributed by atoms with Gasteiger partial charge in [0, 0.05) is 24.0 Å². The Morgan fingerprint density at radius 3 is 2.75 bits per heavy atom. The van der Waals surface area contributed by atoms with Gasteiger partial charge in [0.05, 0.1) is 5.52 Å². The van der Waals surface area contributed by atoms with Gasteiger partial charge in [0.15, 0.2) is 0 Å². The van der Waals surface area contributed by atoms with E-state index in [1.165, 1.54) is 6.42 Å². The number of hydrogen-bond donors (Lipinski definition) is 1. The minimum atomic E-state index is 0.344. The van der Waals surface area contributed by atoms with Gasteiger partial charge < -0.3 is 10.6 Å². The second kappa shape index (κ2) is 4.70. The van der Waals surface area contributed by atoms with Crippen LogP contribution in [0.25, 0.3) is 10.9 Å². The van der Waals surface area contributed by atoms with E-state index in [0.717, 1.165) is 35.4 Å². The first kappa shape index (κ1) is 13.3. The summed E-state index contributed by atoms with van der Waals surface area (Å²) in [6.45, 7) is 6.65. The third kappa shape index (κ3) is 2.36. The molecule has 2 aromatic rings. The summed E-state index contributed by atoms with van der Waals surface area (Å²) in [6.07, 6.45) is 1.18. The number of anilines is 1. The van der Waals surface area contributed by atoms with Crippen molar-refractivity contribution in [1.29, 1.82) is 0 Å². The van der Waals surface area contributed by atoms with Gasteiger partial charge in [0.25, 0.3) is 0 Å². The lowest BCUT2D eigenvalue weighted by atomic mass is 9.93. The van der Waals surface area contributed by atoms with Crippen LogP contribution in [0, 0.1) is 5.41 Å². The molecule has 20 heavy (non-hydrogen) atoms. The lowest BCUT2D eigenvalue weighted by Gasteiger charge is -2.21. The first-order valence-electron chi connectivity index (χ1n) is 6.91. The Bertz CT molecular complexity index is 678. The molecule has 1 fully saturated rings. The topological polar surface area (TPSA) is 42.1 Å². The predicted molar refractivity (Wildman–Crippen MR) is 88.2 cm³/mol. The zero-order valence-electron chi connectivity index (χ0n) is 11.9. The van der Waals surface area contributed by atoms with E-state index in [4.69, 9.17) is 22.9 Å². The van der Waals surface area contributed by atoms with Crippen molar-refractivity contribution in [3.63, 3.8) is 0 Å². The first-order chi connectivity index (χ1) is 9.46. The Labute approximate surface area is 124 Å². The molecule has 2 N–H and O–H groups in total. The molecule has 0 atom stereocenters. The van der Waals surface area contributed by atoms with Crippen molar-refractivity contribution in [1.82, 2.24) is 4.98 Å². The summed E-state index contributed by atoms with van der Waals surface area (Å²) in [5, 5.41) is 1.03. The molecule has 2 heterocycles. The monoisotopic (exact) mass is 285 g/mol. The Kier molecular flexibility index (Phi) is 3.13. The van der Waals surface area contributed by atoms with Crippen LogP contribution in [0.4, 0.5) is 5.82 Å². The Hall–Kier alpha value is -1.68. The maximum atomic E-state index is 5.89. The molecule has 0 unspecified atom stereocenters. The Morgan fingerprint density at radius 1 is 1.35 bits per heavy atom. The van der Waals surface area contributed by atoms with Crippen molar-refractivity contribution in [2.24, 2.45) is 11.1 Å². The maximum Gasteiger partial charge on any atom is 0.129 e. The van der Waals surface area contributed by atoms with E-state index in [-0.39, 0.29) is 0 Å². The van der Waals surface area contributed by atoms with Gasteiger partial charge in [0.1, 0.15) is 10.8 Å². The number of fused-ring (bicyclic) bond motifs is 1. The molecule has 104 valence electrons. The van der Waals surface area contributed by atoms with Crippen LogP contribution in [-0.2, 0) is 0 Å². The number of aromatic nitrogens is 1. The zero-order valence-corrected chi connectivity index (χ0v) is 12.7. The van der Waals surface area contributed by atoms with Crippen molar-refractivity contribution in [3.8, 4) is 0 Å². The smallest absolute Gasteiger partial charge is 0.129 e. The molecule has 1 aliphatic rings. The van der Waals surface area contributed by atoms with Gasteiger partial charge in [0.2, 0.25) is 0 Å². The third-order valence-electron chi connectivity index (χ3n) is 3.97. The van der Waals surface area contributed by atoms with Gasteiger partial charge in [-0.05, 0) is 24.0 Å². The van der Waals surface area contributed by atoms with Gasteiger partial charge in [-0.15, -0.1) is 0 Å². The van der Waals surface area contributed by atoms with Gasteiger partial charge >= 0.3 is 0 Å². The summed E-state index contributed by atoms with van der Waals surface area (Å²) >= 11 is 5.20. The molecule has 0 radical (unpaired) electrons. The summed E-state index contributed by atoms with van der Waals surface area (Å²) in [6, 6.07) is 10.1. The lowest BCUT2D eigenvalue weighted by molar-refractivity contribution is 0.418. The Morgan fingerprint density at radius 2 is 2.10 bits per heavy atom. The molecule has 0 bridgehead atoms. The van der Waals surface area contributed by atoms with Crippen molar-refractivity contribution in [2.75, 3.05) is 18.0 Å². The van der Waals surface area contributed by atoms with Crippen LogP contribution in [0.15, 0.2) is 30.3 Å². The summed E-state index contributed by atoms with van der Waals surface area (Å²) in [5.41, 5.74) is 8.11. The van der Waals surface area contributed by atoms with E-state index in [9.17, 15) is 0 Å². The molecule has 1 saturated heterocycles. The van der Waals surface area contributed by atoms with Crippen molar-refractivity contribution >= 4 is 33.9 Å². The number of nitrogens with zero attached hydrogens (tertiary/aromatic N) is 2. The molecule has 4 heteroatoms. The molecular weight excluding hydrogens is 266 g/mol. The van der Waals surface area contributed by atoms with Gasteiger partial charge in [-0.25, -0.2) is 4.98 Å². The molecule has 0 amide bonds. The molecule has 1 aliphatic heterocycles. The van der Waals surface area contributed by atoms with E-state index in [1.807, 2.05) is 30.3 Å². The summed E-state index contributed by atoms with van der Waals surface area (Å²) in [7, 11) is 0. The fraction of sp³-hybridized carbons (Fsp3) is 0.375. The standard InChI is InChI=1S/C16H19N3S/c1-16(2)7-8-19(10-16)14-9-12(15(17)20)11-5-3-4-6-13(11)18-14/h3-6,9H,7-8,10H2,1-2H3,(H2,17,20). The number of nitrogens with two attached hydrogens (primary N) is 1. The average Bonchev–Trinajstić information content (AvgIpc) is 2.77. The summed E-state index contributed by atoms with van der Waals surface area (Å²) in [5.74, 6) is 0.983. The fourth-order valence-electron chi connectivity index (χ4n) is 2.84. The SMILES string of the molecule is CC1(C)CCN(c2cc(C(N)=S)c3ccccc3n2)C1. The highest BCUT2D eigenvalue weighted by atomic mass is 32.1. The lowest BCUT2D eigenvalue weighted by Crippen LogP contribution is -2.24. The quantitative estimate of drug-likeness (QED) is 0.861. The Balaban J connectivity index is 2.11. The van der Waals surface area contributed by atoms with Crippen molar-refractivity contribution in [2.45, 2.75) is 20.3 Å². The van der Waals surface area contributed by atoms with E-state index in [2.05, 4.69) is 18.7 Å². The summed E-state index contributed by atoms with van der Waals surface area (Å²) in [4.78, 5) is 7.54. The molecule has 1 aromatic heterocycles. The van der Waals surface area contributed by atoms with Crippen LogP contribution in [0.5, 0.6) is 0 Å². The van der Waals surface area contributed by atoms with E-state index < -0.39 is 0 Å². The first-order valence-corrected chi connectivity index (χ1v) is 7.32. The van der Waals surface area contributed by atoms with Gasteiger partial charge in [-0.2, -0.15) is 0 Å². The largest absolute Gasteiger partial charge is 0.389 e. The molecule has 0 spiro atoms. The van der Waals surface area contributed by atoms with Crippen LogP contribution in [-0.4, -0.2) is 23.1 Å². The minimum absolute atomic E-state index is 0.344. The molecule has 3 rings (SSSR count). The molecule has 0 saturated carbocycles. The van der Waals surface area contributed by atoms with E-state index in [1.54, 1.807) is 0 Å². The maximum absolute atomic E-state index is 5.89. The van der Waals surface area contributed by atoms with E-state index >= 15 is 0 Å². The number of hydrogen-bond acceptors (Lipinski definition) is 3. The van der Waals surface area contributed by atoms with Crippen LogP contribution >= 0.6 is 12.2 Å². The second-order valence-corrected chi connectivity index (χ2v) is 6.69. The highest BCUT2D eigenvalue weighted by molar-refractivity contribution is 7.80. The van der Waals surface area contributed by atoms with Crippen LogP contribution < -0.4 is 10.6 Å². The highest BCUT2D eigenvalue weighted by Crippen LogP contribution is 2.33. The molecule has 1 aromatic carbocycles. The summed E-state index contributed by atoms with van der Waals surface area (Å²) < 4.78 is 0. The zero-order chi connectivity index (χ0) is 14.3. The van der Waals surface area contributed by atoms with Crippen LogP contribution in [0.1, 0.15) is 25.8 Å². The number of pyridine rings is 1. The normalized spacial score (nSPS) is 17.6. The number of para-hydroxylation sites is 1. The molecule has 3 nitrogen and oxygen atoms in total. The molecular formula is C16H19N3S. The minimum Gasteiger partial charge on any atom is -0.389 e. The molecule has 0 aliphatic carbocycles. The van der Waals surface area contributed by atoms with Crippen molar-refractivity contribution in [3.05, 3.63) is 35.9 Å². The highest BCUT2D eigenvalue weighted by Gasteiger charge is 2.30. The van der Waals surface area contributed by atoms with Crippen LogP contribution in [0.2, 0.25) is 0 Å². The third-order valence-corrected chi connectivity index (χ3v) is 4.19. The number of benzene rings is 1.